The molecule has 0 bridgehead atoms. The number of aldehydes is 1. The van der Waals surface area contributed by atoms with E-state index in [9.17, 15) is 9.59 Å². The molecule has 0 aliphatic rings. The van der Waals surface area contributed by atoms with E-state index in [1.54, 1.807) is 13.1 Å². The number of aromatic nitrogens is 3. The van der Waals surface area contributed by atoms with E-state index in [0.29, 0.717) is 11.5 Å². The minimum Gasteiger partial charge on any atom is -0.364 e. The normalized spacial score (nSPS) is 11.8. The van der Waals surface area contributed by atoms with E-state index < -0.39 is 5.91 Å². The minimum absolute atomic E-state index is 0.0173. The van der Waals surface area contributed by atoms with Crippen molar-refractivity contribution >= 4 is 40.4 Å². The van der Waals surface area contributed by atoms with Crippen LogP contribution in [0.5, 0.6) is 0 Å². The van der Waals surface area contributed by atoms with Crippen LogP contribution in [-0.2, 0) is 4.79 Å². The maximum absolute atomic E-state index is 11.7. The molecule has 9 heteroatoms. The number of hydrogen-bond acceptors (Lipinski definition) is 8. The molecule has 1 atom stereocenters. The Bertz CT molecular complexity index is 992. The lowest BCUT2D eigenvalue weighted by Gasteiger charge is -2.24. The number of fused-ring (bicyclic) bond motifs is 1. The summed E-state index contributed by atoms with van der Waals surface area (Å²) in [5, 5.41) is 5.35. The molecule has 5 N–H and O–H groups in total. The zero-order chi connectivity index (χ0) is 19.4. The van der Waals surface area contributed by atoms with Gasteiger partial charge in [-0.15, -0.1) is 0 Å². The third-order valence-electron chi connectivity index (χ3n) is 4.04. The molecule has 0 aliphatic carbocycles. The fourth-order valence-electron chi connectivity index (χ4n) is 2.53. The van der Waals surface area contributed by atoms with Crippen molar-refractivity contribution in [3.8, 4) is 0 Å². The highest BCUT2D eigenvalue weighted by molar-refractivity contribution is 5.96. The predicted octanol–water partition coefficient (Wildman–Crippen LogP) is 1.52. The molecule has 9 nitrogen and oxygen atoms in total. The molecule has 0 saturated carbocycles. The van der Waals surface area contributed by atoms with Crippen molar-refractivity contribution in [1.82, 2.24) is 15.0 Å². The van der Waals surface area contributed by atoms with Gasteiger partial charge in [0.15, 0.2) is 17.3 Å². The second-order valence-corrected chi connectivity index (χ2v) is 5.98. The highest BCUT2D eigenvalue weighted by Crippen LogP contribution is 2.23. The number of carbonyl (C=O) groups is 2. The van der Waals surface area contributed by atoms with Gasteiger partial charge >= 0.3 is 0 Å². The van der Waals surface area contributed by atoms with Gasteiger partial charge in [-0.25, -0.2) is 15.8 Å². The van der Waals surface area contributed by atoms with Crippen molar-refractivity contribution in [2.45, 2.75) is 19.4 Å². The Morgan fingerprint density at radius 3 is 2.89 bits per heavy atom. The van der Waals surface area contributed by atoms with E-state index in [1.807, 2.05) is 30.3 Å². The van der Waals surface area contributed by atoms with E-state index in [0.717, 1.165) is 17.2 Å². The summed E-state index contributed by atoms with van der Waals surface area (Å²) in [6.07, 6.45) is 4.04. The van der Waals surface area contributed by atoms with Gasteiger partial charge in [-0.05, 0) is 25.1 Å². The lowest BCUT2D eigenvalue weighted by atomic mass is 10.2. The first-order valence-electron chi connectivity index (χ1n) is 8.26. The summed E-state index contributed by atoms with van der Waals surface area (Å²) < 4.78 is 0. The Balaban J connectivity index is 1.96. The summed E-state index contributed by atoms with van der Waals surface area (Å²) in [7, 11) is 0. The largest absolute Gasteiger partial charge is 0.364 e. The molecule has 1 aromatic carbocycles. The first-order chi connectivity index (χ1) is 13.0. The maximum atomic E-state index is 11.7. The van der Waals surface area contributed by atoms with Gasteiger partial charge in [-0.3, -0.25) is 14.8 Å². The summed E-state index contributed by atoms with van der Waals surface area (Å²) >= 11 is 0. The van der Waals surface area contributed by atoms with Gasteiger partial charge < -0.3 is 15.8 Å². The van der Waals surface area contributed by atoms with E-state index in [-0.39, 0.29) is 24.0 Å². The predicted molar refractivity (Wildman–Crippen MR) is 102 cm³/mol. The van der Waals surface area contributed by atoms with Gasteiger partial charge in [0.2, 0.25) is 0 Å². The number of benzene rings is 1. The zero-order valence-electron chi connectivity index (χ0n) is 14.7. The molecule has 2 aromatic heterocycles. The molecule has 0 fully saturated rings. The van der Waals surface area contributed by atoms with Crippen LogP contribution in [0.1, 0.15) is 23.8 Å². The number of amides is 1. The first-order valence-corrected chi connectivity index (χ1v) is 8.26. The number of nitrogens with two attached hydrogens (primary N) is 2. The van der Waals surface area contributed by atoms with Gasteiger partial charge in [0.05, 0.1) is 17.8 Å². The number of nitrogens with zero attached hydrogens (tertiary/aromatic N) is 4. The summed E-state index contributed by atoms with van der Waals surface area (Å²) in [5.41, 5.74) is 6.84. The molecule has 27 heavy (non-hydrogen) atoms. The van der Waals surface area contributed by atoms with Crippen LogP contribution in [0.3, 0.4) is 0 Å². The number of nitrogens with one attached hydrogen (secondary N) is 1. The van der Waals surface area contributed by atoms with Crippen molar-refractivity contribution in [3.63, 3.8) is 0 Å². The van der Waals surface area contributed by atoms with Gasteiger partial charge in [0.1, 0.15) is 6.29 Å². The fourth-order valence-corrected chi connectivity index (χ4v) is 2.53. The highest BCUT2D eigenvalue weighted by Gasteiger charge is 2.18. The number of hydrogen-bond donors (Lipinski definition) is 3. The van der Waals surface area contributed by atoms with E-state index in [2.05, 4.69) is 20.3 Å². The Hall–Kier alpha value is -3.59. The summed E-state index contributed by atoms with van der Waals surface area (Å²) in [6.45, 7) is 1.78. The van der Waals surface area contributed by atoms with Crippen molar-refractivity contribution in [2.24, 2.45) is 11.6 Å². The van der Waals surface area contributed by atoms with E-state index in [4.69, 9.17) is 11.6 Å². The average molecular weight is 365 g/mol. The van der Waals surface area contributed by atoms with E-state index in [1.165, 1.54) is 11.2 Å². The Morgan fingerprint density at radius 1 is 1.33 bits per heavy atom. The van der Waals surface area contributed by atoms with Crippen molar-refractivity contribution < 1.29 is 9.59 Å². The van der Waals surface area contributed by atoms with Crippen LogP contribution < -0.4 is 21.9 Å². The molecular formula is C18H19N7O2. The molecular weight excluding hydrogens is 346 g/mol. The Morgan fingerprint density at radius 2 is 2.15 bits per heavy atom. The number of pyridine rings is 1. The molecule has 0 spiro atoms. The van der Waals surface area contributed by atoms with Crippen LogP contribution in [0.2, 0.25) is 0 Å². The SMILES string of the molecule is CC(CC=O)N(N)c1cnc(C(N)=O)c(Nc2ccc3cccnc3c2)n1. The van der Waals surface area contributed by atoms with Crippen LogP contribution in [0.4, 0.5) is 17.3 Å². The number of primary amides is 1. The molecule has 0 radical (unpaired) electrons. The monoisotopic (exact) mass is 365 g/mol. The quantitative estimate of drug-likeness (QED) is 0.325. The molecule has 3 rings (SSSR count). The van der Waals surface area contributed by atoms with Crippen LogP contribution in [0.25, 0.3) is 10.9 Å². The third kappa shape index (κ3) is 3.98. The van der Waals surface area contributed by atoms with Crippen LogP contribution in [-0.4, -0.2) is 33.2 Å². The smallest absolute Gasteiger partial charge is 0.271 e. The van der Waals surface area contributed by atoms with Crippen molar-refractivity contribution in [2.75, 3.05) is 10.3 Å². The molecule has 0 aliphatic heterocycles. The van der Waals surface area contributed by atoms with Crippen LogP contribution in [0.15, 0.2) is 42.7 Å². The Labute approximate surface area is 155 Å². The summed E-state index contributed by atoms with van der Waals surface area (Å²) in [5.74, 6) is 5.76. The minimum atomic E-state index is -0.722. The van der Waals surface area contributed by atoms with Gasteiger partial charge in [0.25, 0.3) is 5.91 Å². The molecule has 1 unspecified atom stereocenters. The second-order valence-electron chi connectivity index (χ2n) is 5.98. The maximum Gasteiger partial charge on any atom is 0.271 e. The van der Waals surface area contributed by atoms with Gasteiger partial charge in [0, 0.05) is 23.7 Å². The lowest BCUT2D eigenvalue weighted by molar-refractivity contribution is -0.108. The van der Waals surface area contributed by atoms with Crippen molar-refractivity contribution in [1.29, 1.82) is 0 Å². The molecule has 138 valence electrons. The zero-order valence-corrected chi connectivity index (χ0v) is 14.7. The Kier molecular flexibility index (Phi) is 5.23. The topological polar surface area (TPSA) is 140 Å². The number of carbonyl (C=O) groups excluding carboxylic acids is 2. The summed E-state index contributed by atoms with van der Waals surface area (Å²) in [4.78, 5) is 35.2. The first kappa shape index (κ1) is 18.2. The molecule has 0 saturated heterocycles. The fraction of sp³-hybridized carbons (Fsp3) is 0.167. The lowest BCUT2D eigenvalue weighted by Crippen LogP contribution is -2.40. The average Bonchev–Trinajstić information content (AvgIpc) is 2.67. The van der Waals surface area contributed by atoms with Crippen LogP contribution >= 0.6 is 0 Å². The highest BCUT2D eigenvalue weighted by atomic mass is 16.1. The van der Waals surface area contributed by atoms with Crippen molar-refractivity contribution in [3.05, 3.63) is 48.4 Å². The summed E-state index contributed by atoms with van der Waals surface area (Å²) in [6, 6.07) is 9.07. The van der Waals surface area contributed by atoms with Gasteiger partial charge in [-0.1, -0.05) is 12.1 Å². The molecule has 2 heterocycles. The molecule has 3 aromatic rings. The third-order valence-corrected chi connectivity index (χ3v) is 4.04. The van der Waals surface area contributed by atoms with Gasteiger partial charge in [-0.2, -0.15) is 0 Å². The van der Waals surface area contributed by atoms with E-state index >= 15 is 0 Å². The second kappa shape index (κ2) is 7.75. The van der Waals surface area contributed by atoms with Crippen LogP contribution in [0, 0.1) is 0 Å². The number of rotatable bonds is 7. The standard InChI is InChI=1S/C18H19N7O2/c1-11(6-8-26)25(20)15-10-22-16(17(19)27)18(24-15)23-13-5-4-12-3-2-7-21-14(12)9-13/h2-5,7-11H,6,20H2,1H3,(H2,19,27)(H,23,24). The number of hydrazine groups is 1. The number of anilines is 3. The molecule has 1 amide bonds.